The zero-order valence-corrected chi connectivity index (χ0v) is 7.59. The Bertz CT molecular complexity index is 309. The summed E-state index contributed by atoms with van der Waals surface area (Å²) < 4.78 is 12.9. The molecule has 0 saturated carbocycles. The minimum atomic E-state index is -0.146. The van der Waals surface area contributed by atoms with Crippen molar-refractivity contribution in [1.82, 2.24) is 0 Å². The van der Waals surface area contributed by atoms with Crippen LogP contribution in [-0.4, -0.2) is 6.04 Å². The summed E-state index contributed by atoms with van der Waals surface area (Å²) in [5.41, 5.74) is 8.25. The van der Waals surface area contributed by atoms with E-state index < -0.39 is 0 Å². The summed E-state index contributed by atoms with van der Waals surface area (Å²) in [5, 5.41) is 0. The molecule has 0 radical (unpaired) electrons. The number of hydrogen-bond donors (Lipinski definition) is 1. The zero-order valence-electron chi connectivity index (χ0n) is 7.59. The number of nitrogens with two attached hydrogens (primary N) is 1. The molecule has 13 heavy (non-hydrogen) atoms. The van der Waals surface area contributed by atoms with Crippen LogP contribution in [0.2, 0.25) is 0 Å². The van der Waals surface area contributed by atoms with Crippen molar-refractivity contribution >= 4 is 0 Å². The lowest BCUT2D eigenvalue weighted by Gasteiger charge is -2.08. The van der Waals surface area contributed by atoms with Gasteiger partial charge < -0.3 is 5.73 Å². The second-order valence-corrected chi connectivity index (χ2v) is 3.77. The Morgan fingerprint density at radius 2 is 2.15 bits per heavy atom. The summed E-state index contributed by atoms with van der Waals surface area (Å²) in [6, 6.07) is 5.27. The molecular weight excluding hydrogens is 165 g/mol. The van der Waals surface area contributed by atoms with E-state index in [1.165, 1.54) is 11.6 Å². The fourth-order valence-electron chi connectivity index (χ4n) is 1.97. The fraction of sp³-hybridized carbons (Fsp3) is 0.455. The molecule has 1 aliphatic rings. The van der Waals surface area contributed by atoms with E-state index in [2.05, 4.69) is 0 Å². The topological polar surface area (TPSA) is 26.0 Å². The van der Waals surface area contributed by atoms with Crippen molar-refractivity contribution in [2.24, 2.45) is 5.73 Å². The van der Waals surface area contributed by atoms with Crippen molar-refractivity contribution in [3.8, 4) is 0 Å². The van der Waals surface area contributed by atoms with Crippen molar-refractivity contribution in [2.45, 2.75) is 31.7 Å². The van der Waals surface area contributed by atoms with E-state index in [0.717, 1.165) is 31.2 Å². The minimum Gasteiger partial charge on any atom is -0.327 e. The molecule has 2 heteroatoms. The van der Waals surface area contributed by atoms with Crippen LogP contribution in [0.25, 0.3) is 0 Å². The van der Waals surface area contributed by atoms with Gasteiger partial charge in [0.15, 0.2) is 0 Å². The van der Waals surface area contributed by atoms with Gasteiger partial charge in [-0.3, -0.25) is 0 Å². The quantitative estimate of drug-likeness (QED) is 0.606. The predicted octanol–water partition coefficient (Wildman–Crippen LogP) is 2.03. The van der Waals surface area contributed by atoms with Crippen LogP contribution in [0.5, 0.6) is 0 Å². The van der Waals surface area contributed by atoms with Gasteiger partial charge in [-0.05, 0) is 48.9 Å². The molecule has 0 aliphatic heterocycles. The Labute approximate surface area is 77.8 Å². The van der Waals surface area contributed by atoms with E-state index in [9.17, 15) is 4.39 Å². The Kier molecular flexibility index (Phi) is 2.32. The number of benzene rings is 1. The first-order valence-electron chi connectivity index (χ1n) is 4.78. The van der Waals surface area contributed by atoms with Crippen LogP contribution in [0.15, 0.2) is 18.2 Å². The van der Waals surface area contributed by atoms with Crippen LogP contribution in [0, 0.1) is 5.82 Å². The summed E-state index contributed by atoms with van der Waals surface area (Å²) in [7, 11) is 0. The van der Waals surface area contributed by atoms with Gasteiger partial charge in [-0.2, -0.15) is 0 Å². The molecule has 70 valence electrons. The van der Waals surface area contributed by atoms with Crippen molar-refractivity contribution in [2.75, 3.05) is 0 Å². The third-order valence-corrected chi connectivity index (χ3v) is 2.67. The fourth-order valence-corrected chi connectivity index (χ4v) is 1.97. The van der Waals surface area contributed by atoms with E-state index in [-0.39, 0.29) is 11.9 Å². The van der Waals surface area contributed by atoms with Gasteiger partial charge in [-0.1, -0.05) is 6.07 Å². The molecule has 0 aromatic heterocycles. The van der Waals surface area contributed by atoms with Gasteiger partial charge in [0.1, 0.15) is 5.82 Å². The molecule has 0 heterocycles. The molecule has 0 fully saturated rings. The lowest BCUT2D eigenvalue weighted by atomic mass is 10.0. The molecule has 0 amide bonds. The van der Waals surface area contributed by atoms with Crippen molar-refractivity contribution < 1.29 is 4.39 Å². The number of fused-ring (bicyclic) bond motifs is 1. The standard InChI is InChI=1S/C11H14FN/c12-10-5-4-8-2-1-3-11(13)7-9(8)6-10/h4-6,11H,1-3,7,13H2. The summed E-state index contributed by atoms with van der Waals surface area (Å²) >= 11 is 0. The highest BCUT2D eigenvalue weighted by Gasteiger charge is 2.13. The van der Waals surface area contributed by atoms with E-state index in [4.69, 9.17) is 5.73 Å². The number of halogens is 1. The number of rotatable bonds is 0. The summed E-state index contributed by atoms with van der Waals surface area (Å²) in [4.78, 5) is 0. The lowest BCUT2D eigenvalue weighted by molar-refractivity contribution is 0.599. The van der Waals surface area contributed by atoms with Crippen molar-refractivity contribution in [3.05, 3.63) is 35.1 Å². The molecule has 0 spiro atoms. The van der Waals surface area contributed by atoms with E-state index in [1.807, 2.05) is 6.07 Å². The minimum absolute atomic E-state index is 0.146. The van der Waals surface area contributed by atoms with E-state index >= 15 is 0 Å². The molecule has 1 aliphatic carbocycles. The van der Waals surface area contributed by atoms with Crippen molar-refractivity contribution in [1.29, 1.82) is 0 Å². The molecule has 1 aromatic carbocycles. The second kappa shape index (κ2) is 3.46. The third-order valence-electron chi connectivity index (χ3n) is 2.67. The molecule has 1 aromatic rings. The first-order valence-corrected chi connectivity index (χ1v) is 4.78. The highest BCUT2D eigenvalue weighted by molar-refractivity contribution is 5.29. The molecular formula is C11H14FN. The Morgan fingerprint density at radius 1 is 1.31 bits per heavy atom. The number of aryl methyl sites for hydroxylation is 1. The van der Waals surface area contributed by atoms with E-state index in [1.54, 1.807) is 6.07 Å². The average molecular weight is 179 g/mol. The SMILES string of the molecule is NC1CCCc2ccc(F)cc2C1. The first-order chi connectivity index (χ1) is 6.25. The van der Waals surface area contributed by atoms with E-state index in [0.29, 0.717) is 0 Å². The highest BCUT2D eigenvalue weighted by atomic mass is 19.1. The molecule has 2 rings (SSSR count). The largest absolute Gasteiger partial charge is 0.327 e. The van der Waals surface area contributed by atoms with Gasteiger partial charge in [0.05, 0.1) is 0 Å². The zero-order chi connectivity index (χ0) is 9.26. The van der Waals surface area contributed by atoms with Crippen LogP contribution < -0.4 is 5.73 Å². The molecule has 1 nitrogen and oxygen atoms in total. The molecule has 0 bridgehead atoms. The Balaban J connectivity index is 2.35. The summed E-state index contributed by atoms with van der Waals surface area (Å²) in [6.07, 6.45) is 4.05. The predicted molar refractivity (Wildman–Crippen MR) is 51.0 cm³/mol. The lowest BCUT2D eigenvalue weighted by Crippen LogP contribution is -2.21. The van der Waals surface area contributed by atoms with Crippen LogP contribution in [0.4, 0.5) is 4.39 Å². The maximum Gasteiger partial charge on any atom is 0.123 e. The van der Waals surface area contributed by atoms with Crippen LogP contribution in [0.3, 0.4) is 0 Å². The van der Waals surface area contributed by atoms with Gasteiger partial charge in [0.25, 0.3) is 0 Å². The smallest absolute Gasteiger partial charge is 0.123 e. The van der Waals surface area contributed by atoms with Crippen molar-refractivity contribution in [3.63, 3.8) is 0 Å². The average Bonchev–Trinajstić information content (AvgIpc) is 2.25. The molecule has 0 saturated heterocycles. The Hall–Kier alpha value is -0.890. The van der Waals surface area contributed by atoms with Gasteiger partial charge in [-0.15, -0.1) is 0 Å². The summed E-state index contributed by atoms with van der Waals surface area (Å²) in [5.74, 6) is -0.146. The molecule has 1 atom stereocenters. The van der Waals surface area contributed by atoms with Gasteiger partial charge in [0.2, 0.25) is 0 Å². The van der Waals surface area contributed by atoms with Gasteiger partial charge >= 0.3 is 0 Å². The second-order valence-electron chi connectivity index (χ2n) is 3.77. The van der Waals surface area contributed by atoms with Crippen LogP contribution >= 0.6 is 0 Å². The molecule has 2 N–H and O–H groups in total. The monoisotopic (exact) mass is 179 g/mol. The Morgan fingerprint density at radius 3 is 3.00 bits per heavy atom. The maximum absolute atomic E-state index is 12.9. The summed E-state index contributed by atoms with van der Waals surface area (Å²) in [6.45, 7) is 0. The molecule has 1 unspecified atom stereocenters. The normalized spacial score (nSPS) is 22.2. The van der Waals surface area contributed by atoms with Gasteiger partial charge in [0, 0.05) is 6.04 Å². The van der Waals surface area contributed by atoms with Gasteiger partial charge in [-0.25, -0.2) is 4.39 Å². The van der Waals surface area contributed by atoms with Crippen LogP contribution in [-0.2, 0) is 12.8 Å². The number of hydrogen-bond acceptors (Lipinski definition) is 1. The third kappa shape index (κ3) is 1.89. The van der Waals surface area contributed by atoms with Crippen LogP contribution in [0.1, 0.15) is 24.0 Å². The highest BCUT2D eigenvalue weighted by Crippen LogP contribution is 2.20. The maximum atomic E-state index is 12.9. The first kappa shape index (κ1) is 8.70.